The summed E-state index contributed by atoms with van der Waals surface area (Å²) in [6.07, 6.45) is 0.607. The summed E-state index contributed by atoms with van der Waals surface area (Å²) in [5.74, 6) is -1.05. The Morgan fingerprint density at radius 3 is 2.86 bits per heavy atom. The molecule has 1 unspecified atom stereocenters. The number of aromatic nitrogens is 1. The number of nitrogens with one attached hydrogen (secondary N) is 1. The number of aromatic carboxylic acids is 1. The maximum Gasteiger partial charge on any atom is 0.335 e. The monoisotopic (exact) mass is 297 g/mol. The number of ether oxygens (including phenoxy) is 1. The molecule has 0 saturated heterocycles. The van der Waals surface area contributed by atoms with E-state index in [1.165, 1.54) is 37.4 Å². The zero-order chi connectivity index (χ0) is 15.8. The van der Waals surface area contributed by atoms with Gasteiger partial charge in [-0.25, -0.2) is 9.59 Å². The summed E-state index contributed by atoms with van der Waals surface area (Å²) >= 11 is 0. The second-order valence-corrected chi connectivity index (χ2v) is 4.49. The minimum absolute atomic E-state index is 0.102. The molecule has 0 saturated carbocycles. The Hall–Kier alpha value is -2.19. The third kappa shape index (κ3) is 5.76. The third-order valence-corrected chi connectivity index (χ3v) is 2.67. The Kier molecular flexibility index (Phi) is 6.57. The Morgan fingerprint density at radius 1 is 1.52 bits per heavy atom. The quantitative estimate of drug-likeness (QED) is 0.649. The van der Waals surface area contributed by atoms with E-state index < -0.39 is 18.1 Å². The van der Waals surface area contributed by atoms with Crippen LogP contribution in [0.5, 0.6) is 0 Å². The number of carboxylic acid groups (broad SMARTS) is 1. The lowest BCUT2D eigenvalue weighted by molar-refractivity contribution is 0.0489. The van der Waals surface area contributed by atoms with Crippen LogP contribution in [0.25, 0.3) is 0 Å². The number of nitrogens with zero attached hydrogens (tertiary/aromatic N) is 2. The molecule has 0 aliphatic carbocycles. The molecule has 8 nitrogen and oxygen atoms in total. The van der Waals surface area contributed by atoms with Crippen molar-refractivity contribution in [3.63, 3.8) is 0 Å². The number of likely N-dealkylation sites (N-methyl/N-ethyl adjacent to an activating group) is 1. The topological polar surface area (TPSA) is 112 Å². The number of rotatable bonds is 7. The first kappa shape index (κ1) is 16.9. The van der Waals surface area contributed by atoms with Crippen molar-refractivity contribution in [3.05, 3.63) is 29.6 Å². The Morgan fingerprint density at radius 2 is 2.24 bits per heavy atom. The number of carbonyl (C=O) groups excluding carboxylic acids is 1. The van der Waals surface area contributed by atoms with Crippen LogP contribution in [-0.2, 0) is 11.3 Å². The minimum Gasteiger partial charge on any atom is -0.478 e. The number of urea groups is 1. The number of methoxy groups -OCH3 is 1. The Balaban J connectivity index is 2.49. The number of hydrogen-bond donors (Lipinski definition) is 3. The molecule has 116 valence electrons. The van der Waals surface area contributed by atoms with Crippen molar-refractivity contribution in [1.82, 2.24) is 15.2 Å². The zero-order valence-electron chi connectivity index (χ0n) is 11.9. The molecule has 0 spiro atoms. The van der Waals surface area contributed by atoms with E-state index in [-0.39, 0.29) is 25.3 Å². The molecule has 0 fully saturated rings. The highest BCUT2D eigenvalue weighted by atomic mass is 16.5. The number of hydrogen-bond acceptors (Lipinski definition) is 5. The molecule has 1 rings (SSSR count). The van der Waals surface area contributed by atoms with Gasteiger partial charge in [0.2, 0.25) is 0 Å². The SMILES string of the molecule is COCC(O)CN(C)C(=O)NCc1cc(C(=O)O)ccn1. The standard InChI is InChI=1S/C13H19N3O5/c1-16(7-11(17)8-21-2)13(20)15-6-10-5-9(12(18)19)3-4-14-10/h3-5,11,17H,6-8H2,1-2H3,(H,15,20)(H,18,19). The first-order chi connectivity index (χ1) is 9.93. The highest BCUT2D eigenvalue weighted by molar-refractivity contribution is 5.87. The van der Waals surface area contributed by atoms with Gasteiger partial charge < -0.3 is 25.2 Å². The van der Waals surface area contributed by atoms with Crippen LogP contribution in [0.4, 0.5) is 4.79 Å². The van der Waals surface area contributed by atoms with Crippen LogP contribution in [0.1, 0.15) is 16.1 Å². The van der Waals surface area contributed by atoms with Crippen molar-refractivity contribution in [3.8, 4) is 0 Å². The summed E-state index contributed by atoms with van der Waals surface area (Å²) in [7, 11) is 3.00. The lowest BCUT2D eigenvalue weighted by Crippen LogP contribution is -2.42. The van der Waals surface area contributed by atoms with Gasteiger partial charge in [-0.2, -0.15) is 0 Å². The average molecular weight is 297 g/mol. The number of carboxylic acids is 1. The fraction of sp³-hybridized carbons (Fsp3) is 0.462. The molecular formula is C13H19N3O5. The third-order valence-electron chi connectivity index (χ3n) is 2.67. The van der Waals surface area contributed by atoms with Gasteiger partial charge in [0.15, 0.2) is 0 Å². The van der Waals surface area contributed by atoms with Gasteiger partial charge in [-0.1, -0.05) is 0 Å². The molecule has 0 aromatic carbocycles. The lowest BCUT2D eigenvalue weighted by atomic mass is 10.2. The highest BCUT2D eigenvalue weighted by Crippen LogP contribution is 2.02. The van der Waals surface area contributed by atoms with Crippen molar-refractivity contribution >= 4 is 12.0 Å². The van der Waals surface area contributed by atoms with E-state index in [9.17, 15) is 14.7 Å². The summed E-state index contributed by atoms with van der Waals surface area (Å²) in [6.45, 7) is 0.368. The molecule has 0 aliphatic rings. The molecular weight excluding hydrogens is 278 g/mol. The number of carbonyl (C=O) groups is 2. The van der Waals surface area contributed by atoms with Gasteiger partial charge in [-0.3, -0.25) is 4.98 Å². The van der Waals surface area contributed by atoms with Gasteiger partial charge >= 0.3 is 12.0 Å². The van der Waals surface area contributed by atoms with Crippen LogP contribution in [-0.4, -0.2) is 65.5 Å². The highest BCUT2D eigenvalue weighted by Gasteiger charge is 2.13. The maximum absolute atomic E-state index is 11.8. The molecule has 1 heterocycles. The van der Waals surface area contributed by atoms with Crippen LogP contribution < -0.4 is 5.32 Å². The van der Waals surface area contributed by atoms with Crippen molar-refractivity contribution in [2.24, 2.45) is 0 Å². The van der Waals surface area contributed by atoms with E-state index in [2.05, 4.69) is 10.3 Å². The van der Waals surface area contributed by atoms with Crippen LogP contribution >= 0.6 is 0 Å². The molecule has 0 radical (unpaired) electrons. The van der Waals surface area contributed by atoms with Crippen molar-refractivity contribution in [1.29, 1.82) is 0 Å². The number of amides is 2. The number of aliphatic hydroxyl groups is 1. The van der Waals surface area contributed by atoms with Crippen LogP contribution in [0.3, 0.4) is 0 Å². The number of aliphatic hydroxyl groups excluding tert-OH is 1. The van der Waals surface area contributed by atoms with E-state index in [1.807, 2.05) is 0 Å². The van der Waals surface area contributed by atoms with E-state index in [0.29, 0.717) is 5.69 Å². The Labute approximate surface area is 122 Å². The van der Waals surface area contributed by atoms with Crippen molar-refractivity contribution in [2.75, 3.05) is 27.3 Å². The normalized spacial score (nSPS) is 11.8. The van der Waals surface area contributed by atoms with Gasteiger partial charge in [-0.05, 0) is 12.1 Å². The van der Waals surface area contributed by atoms with Gasteiger partial charge in [0.1, 0.15) is 0 Å². The van der Waals surface area contributed by atoms with Crippen LogP contribution in [0.15, 0.2) is 18.3 Å². The molecule has 0 bridgehead atoms. The van der Waals surface area contributed by atoms with Crippen LogP contribution in [0, 0.1) is 0 Å². The summed E-state index contributed by atoms with van der Waals surface area (Å²) in [5.41, 5.74) is 0.548. The zero-order valence-corrected chi connectivity index (χ0v) is 11.9. The van der Waals surface area contributed by atoms with E-state index in [4.69, 9.17) is 9.84 Å². The van der Waals surface area contributed by atoms with Gasteiger partial charge in [0.25, 0.3) is 0 Å². The van der Waals surface area contributed by atoms with Crippen molar-refractivity contribution in [2.45, 2.75) is 12.6 Å². The van der Waals surface area contributed by atoms with E-state index in [1.54, 1.807) is 0 Å². The van der Waals surface area contributed by atoms with E-state index >= 15 is 0 Å². The Bertz CT molecular complexity index is 494. The fourth-order valence-electron chi connectivity index (χ4n) is 1.65. The average Bonchev–Trinajstić information content (AvgIpc) is 2.45. The number of pyridine rings is 1. The summed E-state index contributed by atoms with van der Waals surface area (Å²) < 4.78 is 4.78. The molecule has 8 heteroatoms. The largest absolute Gasteiger partial charge is 0.478 e. The predicted octanol–water partition coefficient (Wildman–Crippen LogP) is -0.0715. The van der Waals surface area contributed by atoms with Gasteiger partial charge in [0.05, 0.1) is 37.1 Å². The fourth-order valence-corrected chi connectivity index (χ4v) is 1.65. The molecule has 3 N–H and O–H groups in total. The summed E-state index contributed by atoms with van der Waals surface area (Å²) in [4.78, 5) is 27.9. The van der Waals surface area contributed by atoms with Gasteiger partial charge in [-0.15, -0.1) is 0 Å². The van der Waals surface area contributed by atoms with Crippen molar-refractivity contribution < 1.29 is 24.5 Å². The first-order valence-corrected chi connectivity index (χ1v) is 6.28. The molecule has 2 amide bonds. The molecule has 1 aromatic heterocycles. The maximum atomic E-state index is 11.8. The predicted molar refractivity (Wildman–Crippen MR) is 73.9 cm³/mol. The first-order valence-electron chi connectivity index (χ1n) is 6.28. The van der Waals surface area contributed by atoms with Gasteiger partial charge in [0, 0.05) is 20.4 Å². The molecule has 21 heavy (non-hydrogen) atoms. The summed E-state index contributed by atoms with van der Waals surface area (Å²) in [5, 5.41) is 21.0. The van der Waals surface area contributed by atoms with Crippen LogP contribution in [0.2, 0.25) is 0 Å². The second kappa shape index (κ2) is 8.18. The smallest absolute Gasteiger partial charge is 0.335 e. The minimum atomic E-state index is -1.05. The molecule has 1 atom stereocenters. The molecule has 1 aromatic rings. The molecule has 0 aliphatic heterocycles. The summed E-state index contributed by atoms with van der Waals surface area (Å²) in [6, 6.07) is 2.37. The lowest BCUT2D eigenvalue weighted by Gasteiger charge is -2.20. The second-order valence-electron chi connectivity index (χ2n) is 4.49. The van der Waals surface area contributed by atoms with E-state index in [0.717, 1.165) is 0 Å².